The van der Waals surface area contributed by atoms with Gasteiger partial charge in [-0.3, -0.25) is 5.32 Å². The number of ether oxygens (including phenoxy) is 1. The Hall–Kier alpha value is -1.39. The van der Waals surface area contributed by atoms with Gasteiger partial charge in [-0.05, 0) is 31.9 Å². The quantitative estimate of drug-likeness (QED) is 0.863. The zero-order chi connectivity index (χ0) is 15.4. The molecule has 4 nitrogen and oxygen atoms in total. The summed E-state index contributed by atoms with van der Waals surface area (Å²) in [4.78, 5) is 14.5. The topological polar surface area (TPSA) is 41.6 Å². The molecule has 1 heterocycles. The highest BCUT2D eigenvalue weighted by Crippen LogP contribution is 2.24. The van der Waals surface area contributed by atoms with Crippen molar-refractivity contribution in [2.75, 3.05) is 20.7 Å². The van der Waals surface area contributed by atoms with E-state index in [4.69, 9.17) is 4.74 Å². The monoisotopic (exact) mass is 290 g/mol. The predicted molar refractivity (Wildman–Crippen MR) is 84.0 cm³/mol. The van der Waals surface area contributed by atoms with E-state index in [1.165, 1.54) is 7.11 Å². The Bertz CT molecular complexity index is 463. The number of nitrogens with one attached hydrogen (secondary N) is 1. The Morgan fingerprint density at radius 3 is 2.62 bits per heavy atom. The maximum absolute atomic E-state index is 12.1. The third kappa shape index (κ3) is 3.83. The van der Waals surface area contributed by atoms with Gasteiger partial charge in [0.1, 0.15) is 6.04 Å². The molecule has 0 spiro atoms. The van der Waals surface area contributed by atoms with Crippen LogP contribution in [-0.4, -0.2) is 43.7 Å². The molecule has 0 aliphatic carbocycles. The molecule has 1 aliphatic heterocycles. The van der Waals surface area contributed by atoms with Crippen LogP contribution in [0.2, 0.25) is 0 Å². The molecule has 1 fully saturated rings. The van der Waals surface area contributed by atoms with E-state index in [0.717, 1.165) is 18.5 Å². The van der Waals surface area contributed by atoms with E-state index in [2.05, 4.69) is 31.1 Å². The highest BCUT2D eigenvalue weighted by molar-refractivity contribution is 5.77. The number of carbonyl (C=O) groups is 1. The summed E-state index contributed by atoms with van der Waals surface area (Å²) in [5, 5.41) is 3.52. The molecule has 0 radical (unpaired) electrons. The van der Waals surface area contributed by atoms with Gasteiger partial charge < -0.3 is 9.64 Å². The van der Waals surface area contributed by atoms with Crippen molar-refractivity contribution in [1.82, 2.24) is 10.2 Å². The van der Waals surface area contributed by atoms with Gasteiger partial charge in [0, 0.05) is 18.6 Å². The predicted octanol–water partition coefficient (Wildman–Crippen LogP) is 2.22. The lowest BCUT2D eigenvalue weighted by molar-refractivity contribution is -0.143. The fourth-order valence-electron chi connectivity index (χ4n) is 3.05. The van der Waals surface area contributed by atoms with E-state index < -0.39 is 0 Å². The molecular weight excluding hydrogens is 264 g/mol. The molecular formula is C17H26N2O2. The average Bonchev–Trinajstić information content (AvgIpc) is 2.49. The minimum atomic E-state index is -0.390. The third-order valence-corrected chi connectivity index (χ3v) is 4.56. The van der Waals surface area contributed by atoms with Crippen molar-refractivity contribution in [3.8, 4) is 0 Å². The van der Waals surface area contributed by atoms with Gasteiger partial charge in [-0.2, -0.15) is 0 Å². The van der Waals surface area contributed by atoms with E-state index in [-0.39, 0.29) is 12.0 Å². The van der Waals surface area contributed by atoms with Crippen molar-refractivity contribution in [3.05, 3.63) is 35.9 Å². The number of piperidine rings is 1. The van der Waals surface area contributed by atoms with Crippen molar-refractivity contribution in [2.45, 2.75) is 38.4 Å². The number of nitrogens with zero attached hydrogens (tertiary/aromatic N) is 1. The van der Waals surface area contributed by atoms with Gasteiger partial charge in [0.05, 0.1) is 7.11 Å². The maximum Gasteiger partial charge on any atom is 0.327 e. The molecule has 0 aromatic heterocycles. The van der Waals surface area contributed by atoms with E-state index >= 15 is 0 Å². The Morgan fingerprint density at radius 2 is 2.00 bits per heavy atom. The van der Waals surface area contributed by atoms with Crippen LogP contribution >= 0.6 is 0 Å². The Morgan fingerprint density at radius 1 is 1.33 bits per heavy atom. The lowest BCUT2D eigenvalue weighted by Crippen LogP contribution is -2.52. The molecule has 0 bridgehead atoms. The van der Waals surface area contributed by atoms with Gasteiger partial charge in [-0.15, -0.1) is 0 Å². The molecule has 1 saturated heterocycles. The summed E-state index contributed by atoms with van der Waals surface area (Å²) in [7, 11) is 3.60. The summed E-state index contributed by atoms with van der Waals surface area (Å²) >= 11 is 0. The van der Waals surface area contributed by atoms with E-state index in [9.17, 15) is 4.79 Å². The molecule has 4 unspecified atom stereocenters. The summed E-state index contributed by atoms with van der Waals surface area (Å²) < 4.78 is 4.98. The van der Waals surface area contributed by atoms with Crippen molar-refractivity contribution >= 4 is 5.97 Å². The van der Waals surface area contributed by atoms with Gasteiger partial charge in [0.2, 0.25) is 0 Å². The molecule has 2 rings (SSSR count). The minimum Gasteiger partial charge on any atom is -0.468 e. The lowest BCUT2D eigenvalue weighted by atomic mass is 9.88. The molecule has 21 heavy (non-hydrogen) atoms. The van der Waals surface area contributed by atoms with Crippen molar-refractivity contribution in [3.63, 3.8) is 0 Å². The van der Waals surface area contributed by atoms with Crippen LogP contribution in [0, 0.1) is 5.92 Å². The second-order valence-corrected chi connectivity index (χ2v) is 6.14. The fourth-order valence-corrected chi connectivity index (χ4v) is 3.05. The maximum atomic E-state index is 12.1. The number of likely N-dealkylation sites (tertiary alicyclic amines) is 1. The van der Waals surface area contributed by atoms with Crippen molar-refractivity contribution < 1.29 is 9.53 Å². The number of benzene rings is 1. The summed E-state index contributed by atoms with van der Waals surface area (Å²) in [5.41, 5.74) is 0.961. The number of hydrogen-bond donors (Lipinski definition) is 1. The second-order valence-electron chi connectivity index (χ2n) is 6.14. The van der Waals surface area contributed by atoms with Crippen LogP contribution < -0.4 is 5.32 Å². The lowest BCUT2D eigenvalue weighted by Gasteiger charge is -2.41. The zero-order valence-corrected chi connectivity index (χ0v) is 13.4. The number of carbonyl (C=O) groups excluding carboxylic acids is 1. The largest absolute Gasteiger partial charge is 0.468 e. The highest BCUT2D eigenvalue weighted by atomic mass is 16.5. The first kappa shape index (κ1) is 16.0. The van der Waals surface area contributed by atoms with Gasteiger partial charge in [0.15, 0.2) is 0 Å². The molecule has 1 aliphatic rings. The summed E-state index contributed by atoms with van der Waals surface area (Å²) in [6.45, 7) is 5.51. The molecule has 4 heteroatoms. The molecule has 116 valence electrons. The smallest absolute Gasteiger partial charge is 0.327 e. The number of hydrogen-bond acceptors (Lipinski definition) is 4. The van der Waals surface area contributed by atoms with Crippen LogP contribution in [0.4, 0.5) is 0 Å². The Balaban J connectivity index is 2.14. The SMILES string of the molecule is COC(=O)C(NC1CC(C)N(C)CC1C)c1ccccc1. The number of methoxy groups -OCH3 is 1. The normalized spacial score (nSPS) is 28.1. The Kier molecular flexibility index (Phi) is 5.37. The van der Waals surface area contributed by atoms with Crippen molar-refractivity contribution in [1.29, 1.82) is 0 Å². The summed E-state index contributed by atoms with van der Waals surface area (Å²) in [6, 6.07) is 10.3. The van der Waals surface area contributed by atoms with Crippen molar-refractivity contribution in [2.24, 2.45) is 5.92 Å². The van der Waals surface area contributed by atoms with Crippen LogP contribution in [-0.2, 0) is 9.53 Å². The Labute approximate surface area is 127 Å². The number of esters is 1. The zero-order valence-electron chi connectivity index (χ0n) is 13.4. The van der Waals surface area contributed by atoms with Gasteiger partial charge in [-0.25, -0.2) is 4.79 Å². The van der Waals surface area contributed by atoms with Crippen LogP contribution in [0.15, 0.2) is 30.3 Å². The number of rotatable bonds is 4. The first-order valence-electron chi connectivity index (χ1n) is 7.62. The van der Waals surface area contributed by atoms with Gasteiger partial charge in [-0.1, -0.05) is 37.3 Å². The third-order valence-electron chi connectivity index (χ3n) is 4.56. The standard InChI is InChI=1S/C17H26N2O2/c1-12-11-19(3)13(2)10-15(12)18-16(17(20)21-4)14-8-6-5-7-9-14/h5-9,12-13,15-16,18H,10-11H2,1-4H3. The molecule has 4 atom stereocenters. The first-order valence-corrected chi connectivity index (χ1v) is 7.62. The van der Waals surface area contributed by atoms with E-state index in [1.807, 2.05) is 30.3 Å². The van der Waals surface area contributed by atoms with Crippen LogP contribution in [0.3, 0.4) is 0 Å². The second kappa shape index (κ2) is 7.05. The average molecular weight is 290 g/mol. The van der Waals surface area contributed by atoms with E-state index in [1.54, 1.807) is 0 Å². The van der Waals surface area contributed by atoms with E-state index in [0.29, 0.717) is 18.0 Å². The molecule has 1 aromatic carbocycles. The molecule has 0 saturated carbocycles. The molecule has 1 N–H and O–H groups in total. The first-order chi connectivity index (χ1) is 10.0. The highest BCUT2D eigenvalue weighted by Gasteiger charge is 2.32. The van der Waals surface area contributed by atoms with Gasteiger partial charge >= 0.3 is 5.97 Å². The van der Waals surface area contributed by atoms with Gasteiger partial charge in [0.25, 0.3) is 0 Å². The molecule has 0 amide bonds. The fraction of sp³-hybridized carbons (Fsp3) is 0.588. The minimum absolute atomic E-state index is 0.222. The summed E-state index contributed by atoms with van der Waals surface area (Å²) in [6.07, 6.45) is 1.04. The van der Waals surface area contributed by atoms with Crippen LogP contribution in [0.25, 0.3) is 0 Å². The van der Waals surface area contributed by atoms with Crippen LogP contribution in [0.1, 0.15) is 31.9 Å². The molecule has 1 aromatic rings. The van der Waals surface area contributed by atoms with Crippen LogP contribution in [0.5, 0.6) is 0 Å². The summed E-state index contributed by atoms with van der Waals surface area (Å²) in [5.74, 6) is 0.280.